The standard InChI is InChI=1S/C10H20O2S/c1-3-8(4-2)10(11)9-7-13-6-5-12-9/h8-11H,3-7H2,1-2H3. The topological polar surface area (TPSA) is 29.5 Å². The monoisotopic (exact) mass is 204 g/mol. The zero-order chi connectivity index (χ0) is 9.68. The lowest BCUT2D eigenvalue weighted by molar-refractivity contribution is -0.0497. The molecular formula is C10H20O2S. The molecule has 13 heavy (non-hydrogen) atoms. The van der Waals surface area contributed by atoms with Gasteiger partial charge in [0.15, 0.2) is 0 Å². The molecule has 0 aromatic rings. The van der Waals surface area contributed by atoms with Crippen LogP contribution in [0, 0.1) is 5.92 Å². The fourth-order valence-electron chi connectivity index (χ4n) is 1.78. The second kappa shape index (κ2) is 5.89. The van der Waals surface area contributed by atoms with Gasteiger partial charge >= 0.3 is 0 Å². The van der Waals surface area contributed by atoms with E-state index in [2.05, 4.69) is 13.8 Å². The van der Waals surface area contributed by atoms with Crippen LogP contribution in [-0.2, 0) is 4.74 Å². The van der Waals surface area contributed by atoms with Crippen molar-refractivity contribution in [1.82, 2.24) is 0 Å². The van der Waals surface area contributed by atoms with E-state index in [4.69, 9.17) is 4.74 Å². The molecule has 1 fully saturated rings. The minimum absolute atomic E-state index is 0.0728. The maximum atomic E-state index is 10.00. The van der Waals surface area contributed by atoms with Crippen LogP contribution in [0.5, 0.6) is 0 Å². The van der Waals surface area contributed by atoms with Crippen molar-refractivity contribution >= 4 is 11.8 Å². The first-order chi connectivity index (χ1) is 6.29. The quantitative estimate of drug-likeness (QED) is 0.758. The molecule has 78 valence electrons. The van der Waals surface area contributed by atoms with Crippen LogP contribution in [0.2, 0.25) is 0 Å². The highest BCUT2D eigenvalue weighted by molar-refractivity contribution is 7.99. The number of hydrogen-bond donors (Lipinski definition) is 1. The normalized spacial score (nSPS) is 26.3. The molecule has 0 aliphatic carbocycles. The second-order valence-corrected chi connectivity index (χ2v) is 4.70. The van der Waals surface area contributed by atoms with E-state index in [9.17, 15) is 5.11 Å². The van der Waals surface area contributed by atoms with E-state index in [1.54, 1.807) is 0 Å². The largest absolute Gasteiger partial charge is 0.390 e. The summed E-state index contributed by atoms with van der Waals surface area (Å²) in [7, 11) is 0. The Labute approximate surface area is 85.0 Å². The minimum Gasteiger partial charge on any atom is -0.390 e. The van der Waals surface area contributed by atoms with Gasteiger partial charge in [0.2, 0.25) is 0 Å². The molecule has 1 rings (SSSR count). The summed E-state index contributed by atoms with van der Waals surface area (Å²) in [6.07, 6.45) is 1.90. The number of hydrogen-bond acceptors (Lipinski definition) is 3. The molecule has 0 aromatic carbocycles. The van der Waals surface area contributed by atoms with Gasteiger partial charge in [-0.15, -0.1) is 0 Å². The molecule has 1 heterocycles. The highest BCUT2D eigenvalue weighted by Crippen LogP contribution is 2.23. The van der Waals surface area contributed by atoms with Gasteiger partial charge in [0.1, 0.15) is 0 Å². The Morgan fingerprint density at radius 3 is 2.62 bits per heavy atom. The van der Waals surface area contributed by atoms with Crippen molar-refractivity contribution in [3.05, 3.63) is 0 Å². The van der Waals surface area contributed by atoms with Crippen LogP contribution < -0.4 is 0 Å². The van der Waals surface area contributed by atoms with Gasteiger partial charge < -0.3 is 9.84 Å². The maximum Gasteiger partial charge on any atom is 0.0927 e. The van der Waals surface area contributed by atoms with E-state index < -0.39 is 0 Å². The molecule has 0 bridgehead atoms. The molecular weight excluding hydrogens is 184 g/mol. The van der Waals surface area contributed by atoms with Crippen molar-refractivity contribution in [1.29, 1.82) is 0 Å². The first-order valence-corrected chi connectivity index (χ1v) is 6.32. The smallest absolute Gasteiger partial charge is 0.0927 e. The molecule has 1 aliphatic rings. The van der Waals surface area contributed by atoms with Gasteiger partial charge in [-0.05, 0) is 5.92 Å². The summed E-state index contributed by atoms with van der Waals surface area (Å²) in [6.45, 7) is 5.06. The predicted molar refractivity (Wildman–Crippen MR) is 57.1 cm³/mol. The number of rotatable bonds is 4. The molecule has 2 unspecified atom stereocenters. The summed E-state index contributed by atoms with van der Waals surface area (Å²) in [5.74, 6) is 2.44. The molecule has 3 heteroatoms. The summed E-state index contributed by atoms with van der Waals surface area (Å²) in [6, 6.07) is 0. The van der Waals surface area contributed by atoms with Gasteiger partial charge in [-0.3, -0.25) is 0 Å². The third kappa shape index (κ3) is 3.15. The Kier molecular flexibility index (Phi) is 5.14. The Morgan fingerprint density at radius 1 is 1.46 bits per heavy atom. The van der Waals surface area contributed by atoms with Crippen molar-refractivity contribution < 1.29 is 9.84 Å². The first kappa shape index (κ1) is 11.3. The number of ether oxygens (including phenoxy) is 1. The number of aliphatic hydroxyl groups excluding tert-OH is 1. The molecule has 0 amide bonds. The maximum absolute atomic E-state index is 10.00. The molecule has 0 radical (unpaired) electrons. The van der Waals surface area contributed by atoms with Crippen molar-refractivity contribution in [2.45, 2.75) is 38.9 Å². The van der Waals surface area contributed by atoms with Crippen LogP contribution in [0.3, 0.4) is 0 Å². The van der Waals surface area contributed by atoms with Gasteiger partial charge in [0.25, 0.3) is 0 Å². The van der Waals surface area contributed by atoms with Gasteiger partial charge in [0.05, 0.1) is 18.8 Å². The zero-order valence-electron chi connectivity index (χ0n) is 8.53. The van der Waals surface area contributed by atoms with Crippen LogP contribution in [0.1, 0.15) is 26.7 Å². The summed E-state index contributed by atoms with van der Waals surface area (Å²) < 4.78 is 5.55. The van der Waals surface area contributed by atoms with Gasteiger partial charge in [-0.2, -0.15) is 11.8 Å². The first-order valence-electron chi connectivity index (χ1n) is 5.17. The molecule has 1 N–H and O–H groups in total. The lowest BCUT2D eigenvalue weighted by Gasteiger charge is -2.31. The van der Waals surface area contributed by atoms with Crippen molar-refractivity contribution in [3.63, 3.8) is 0 Å². The summed E-state index contributed by atoms with van der Waals surface area (Å²) in [5.41, 5.74) is 0. The number of aliphatic hydroxyl groups is 1. The third-order valence-electron chi connectivity index (χ3n) is 2.75. The van der Waals surface area contributed by atoms with Crippen LogP contribution >= 0.6 is 11.8 Å². The van der Waals surface area contributed by atoms with Gasteiger partial charge in [-0.25, -0.2) is 0 Å². The fourth-order valence-corrected chi connectivity index (χ4v) is 2.68. The molecule has 0 spiro atoms. The van der Waals surface area contributed by atoms with E-state index >= 15 is 0 Å². The Hall–Kier alpha value is 0.270. The van der Waals surface area contributed by atoms with Crippen LogP contribution in [0.4, 0.5) is 0 Å². The summed E-state index contributed by atoms with van der Waals surface area (Å²) in [5, 5.41) is 10.00. The van der Waals surface area contributed by atoms with Crippen molar-refractivity contribution in [2.24, 2.45) is 5.92 Å². The van der Waals surface area contributed by atoms with E-state index in [1.807, 2.05) is 11.8 Å². The molecule has 2 atom stereocenters. The highest BCUT2D eigenvalue weighted by atomic mass is 32.2. The van der Waals surface area contributed by atoms with Gasteiger partial charge in [0, 0.05) is 11.5 Å². The van der Waals surface area contributed by atoms with E-state index in [-0.39, 0.29) is 12.2 Å². The van der Waals surface area contributed by atoms with Crippen molar-refractivity contribution in [2.75, 3.05) is 18.1 Å². The van der Waals surface area contributed by atoms with E-state index in [0.717, 1.165) is 31.0 Å². The highest BCUT2D eigenvalue weighted by Gasteiger charge is 2.27. The van der Waals surface area contributed by atoms with E-state index in [1.165, 1.54) is 0 Å². The average molecular weight is 204 g/mol. The van der Waals surface area contributed by atoms with E-state index in [0.29, 0.717) is 5.92 Å². The second-order valence-electron chi connectivity index (χ2n) is 3.55. The average Bonchev–Trinajstić information content (AvgIpc) is 2.21. The zero-order valence-corrected chi connectivity index (χ0v) is 9.35. The number of thioether (sulfide) groups is 1. The predicted octanol–water partition coefficient (Wildman–Crippen LogP) is 1.92. The molecule has 0 aromatic heterocycles. The lowest BCUT2D eigenvalue weighted by atomic mass is 9.93. The molecule has 1 saturated heterocycles. The van der Waals surface area contributed by atoms with Crippen LogP contribution in [-0.4, -0.2) is 35.4 Å². The van der Waals surface area contributed by atoms with Crippen molar-refractivity contribution in [3.8, 4) is 0 Å². The summed E-state index contributed by atoms with van der Waals surface area (Å²) >= 11 is 1.88. The Morgan fingerprint density at radius 2 is 2.15 bits per heavy atom. The lowest BCUT2D eigenvalue weighted by Crippen LogP contribution is -2.39. The summed E-state index contributed by atoms with van der Waals surface area (Å²) in [4.78, 5) is 0. The SMILES string of the molecule is CCC(CC)C(O)C1CSCCO1. The third-order valence-corrected chi connectivity index (χ3v) is 3.77. The van der Waals surface area contributed by atoms with Gasteiger partial charge in [-0.1, -0.05) is 26.7 Å². The molecule has 0 saturated carbocycles. The minimum atomic E-state index is -0.261. The molecule has 2 nitrogen and oxygen atoms in total. The fraction of sp³-hybridized carbons (Fsp3) is 1.00. The molecule has 1 aliphatic heterocycles. The Bertz CT molecular complexity index is 131. The Balaban J connectivity index is 2.38. The van der Waals surface area contributed by atoms with Crippen LogP contribution in [0.15, 0.2) is 0 Å². The van der Waals surface area contributed by atoms with Crippen LogP contribution in [0.25, 0.3) is 0 Å².